The molecule has 2 N–H and O–H groups in total. The molecule has 1 amide bonds. The first-order valence-electron chi connectivity index (χ1n) is 8.26. The SMILES string of the molecule is Cc1nnc(NC(=O)C(Cc2ccccc2)NS(=O)(=O)c2ccc(Cl)cc2)s1. The van der Waals surface area contributed by atoms with E-state index in [2.05, 4.69) is 20.2 Å². The number of anilines is 1. The van der Waals surface area contributed by atoms with E-state index in [1.807, 2.05) is 30.3 Å². The Morgan fingerprint density at radius 2 is 1.79 bits per heavy atom. The van der Waals surface area contributed by atoms with Crippen molar-refractivity contribution in [1.29, 1.82) is 0 Å². The first kappa shape index (κ1) is 20.4. The molecule has 1 aromatic heterocycles. The molecule has 0 spiro atoms. The highest BCUT2D eigenvalue weighted by Crippen LogP contribution is 2.17. The van der Waals surface area contributed by atoms with Gasteiger partial charge in [-0.1, -0.05) is 53.3 Å². The second kappa shape index (κ2) is 8.78. The lowest BCUT2D eigenvalue weighted by Crippen LogP contribution is -2.45. The number of hydrogen-bond donors (Lipinski definition) is 2. The number of aromatic nitrogens is 2. The molecule has 1 unspecified atom stereocenters. The van der Waals surface area contributed by atoms with Crippen molar-refractivity contribution in [2.24, 2.45) is 0 Å². The van der Waals surface area contributed by atoms with Crippen LogP contribution >= 0.6 is 22.9 Å². The predicted molar refractivity (Wildman–Crippen MR) is 109 cm³/mol. The molecule has 0 radical (unpaired) electrons. The summed E-state index contributed by atoms with van der Waals surface area (Å²) in [7, 11) is -3.93. The summed E-state index contributed by atoms with van der Waals surface area (Å²) >= 11 is 7.04. The van der Waals surface area contributed by atoms with Gasteiger partial charge in [0.1, 0.15) is 11.0 Å². The Balaban J connectivity index is 1.84. The number of aryl methyl sites for hydroxylation is 1. The molecule has 1 heterocycles. The first-order chi connectivity index (χ1) is 13.3. The largest absolute Gasteiger partial charge is 0.299 e. The van der Waals surface area contributed by atoms with Gasteiger partial charge in [0.15, 0.2) is 0 Å². The van der Waals surface area contributed by atoms with Crippen molar-refractivity contribution in [3.63, 3.8) is 0 Å². The van der Waals surface area contributed by atoms with E-state index in [-0.39, 0.29) is 11.3 Å². The monoisotopic (exact) mass is 436 g/mol. The van der Waals surface area contributed by atoms with Crippen molar-refractivity contribution in [2.45, 2.75) is 24.3 Å². The third kappa shape index (κ3) is 5.35. The van der Waals surface area contributed by atoms with Gasteiger partial charge in [0.2, 0.25) is 21.1 Å². The summed E-state index contributed by atoms with van der Waals surface area (Å²) < 4.78 is 28.0. The van der Waals surface area contributed by atoms with Crippen LogP contribution in [-0.2, 0) is 21.2 Å². The molecule has 146 valence electrons. The summed E-state index contributed by atoms with van der Waals surface area (Å²) in [6.07, 6.45) is 0.178. The minimum Gasteiger partial charge on any atom is -0.299 e. The Bertz CT molecular complexity index is 1050. The van der Waals surface area contributed by atoms with Crippen LogP contribution < -0.4 is 10.0 Å². The van der Waals surface area contributed by atoms with E-state index in [0.717, 1.165) is 5.56 Å². The van der Waals surface area contributed by atoms with E-state index >= 15 is 0 Å². The zero-order valence-electron chi connectivity index (χ0n) is 14.8. The molecular weight excluding hydrogens is 420 g/mol. The fraction of sp³-hybridized carbons (Fsp3) is 0.167. The lowest BCUT2D eigenvalue weighted by atomic mass is 10.1. The summed E-state index contributed by atoms with van der Waals surface area (Å²) in [5.74, 6) is -0.516. The molecule has 0 saturated heterocycles. The van der Waals surface area contributed by atoms with Gasteiger partial charge in [-0.25, -0.2) is 8.42 Å². The number of nitrogens with one attached hydrogen (secondary N) is 2. The van der Waals surface area contributed by atoms with Gasteiger partial charge >= 0.3 is 0 Å². The first-order valence-corrected chi connectivity index (χ1v) is 10.9. The molecule has 3 aromatic rings. The van der Waals surface area contributed by atoms with Crippen LogP contribution in [0.2, 0.25) is 5.02 Å². The van der Waals surface area contributed by atoms with Crippen molar-refractivity contribution in [3.05, 3.63) is 70.2 Å². The Labute approximate surface area is 171 Å². The highest BCUT2D eigenvalue weighted by atomic mass is 35.5. The third-order valence-corrected chi connectivity index (χ3v) is 6.27. The highest BCUT2D eigenvalue weighted by molar-refractivity contribution is 7.89. The molecule has 2 aromatic carbocycles. The van der Waals surface area contributed by atoms with Crippen molar-refractivity contribution < 1.29 is 13.2 Å². The number of benzene rings is 2. The molecule has 0 bridgehead atoms. The molecule has 0 aliphatic heterocycles. The minimum atomic E-state index is -3.93. The van der Waals surface area contributed by atoms with Crippen LogP contribution in [0.15, 0.2) is 59.5 Å². The molecule has 7 nitrogen and oxygen atoms in total. The number of nitrogens with zero attached hydrogens (tertiary/aromatic N) is 2. The minimum absolute atomic E-state index is 0.0227. The van der Waals surface area contributed by atoms with Gasteiger partial charge in [0, 0.05) is 5.02 Å². The average molecular weight is 437 g/mol. The maximum atomic E-state index is 12.8. The van der Waals surface area contributed by atoms with Crippen LogP contribution in [0.4, 0.5) is 5.13 Å². The summed E-state index contributed by atoms with van der Waals surface area (Å²) in [5, 5.41) is 11.7. The fourth-order valence-electron chi connectivity index (χ4n) is 2.45. The lowest BCUT2D eigenvalue weighted by Gasteiger charge is -2.18. The molecule has 0 saturated carbocycles. The van der Waals surface area contributed by atoms with Crippen LogP contribution in [0, 0.1) is 6.92 Å². The third-order valence-electron chi connectivity index (χ3n) is 3.78. The number of hydrogen-bond acceptors (Lipinski definition) is 6. The highest BCUT2D eigenvalue weighted by Gasteiger charge is 2.27. The maximum Gasteiger partial charge on any atom is 0.244 e. The second-order valence-corrected chi connectivity index (χ2v) is 9.27. The number of carbonyl (C=O) groups excluding carboxylic acids is 1. The molecule has 0 aliphatic rings. The molecular formula is C18H17ClN4O3S2. The predicted octanol–water partition coefficient (Wildman–Crippen LogP) is 3.03. The van der Waals surface area contributed by atoms with Crippen LogP contribution in [0.5, 0.6) is 0 Å². The van der Waals surface area contributed by atoms with E-state index < -0.39 is 22.0 Å². The normalized spacial score (nSPS) is 12.5. The number of rotatable bonds is 7. The van der Waals surface area contributed by atoms with Crippen LogP contribution in [0.1, 0.15) is 10.6 Å². The average Bonchev–Trinajstić information content (AvgIpc) is 3.07. The fourth-order valence-corrected chi connectivity index (χ4v) is 4.36. The van der Waals surface area contributed by atoms with Crippen molar-refractivity contribution >= 4 is 44.0 Å². The van der Waals surface area contributed by atoms with Gasteiger partial charge in [0.25, 0.3) is 0 Å². The summed E-state index contributed by atoms with van der Waals surface area (Å²) in [4.78, 5) is 12.8. The summed E-state index contributed by atoms with van der Waals surface area (Å²) in [6.45, 7) is 1.76. The van der Waals surface area contributed by atoms with Crippen LogP contribution in [0.25, 0.3) is 0 Å². The Morgan fingerprint density at radius 1 is 1.11 bits per heavy atom. The van der Waals surface area contributed by atoms with Crippen LogP contribution in [0.3, 0.4) is 0 Å². The molecule has 1 atom stereocenters. The van der Waals surface area contributed by atoms with Gasteiger partial charge in [-0.3, -0.25) is 10.1 Å². The van der Waals surface area contributed by atoms with Gasteiger partial charge in [-0.15, -0.1) is 10.2 Å². The van der Waals surface area contributed by atoms with E-state index in [1.54, 1.807) is 6.92 Å². The summed E-state index contributed by atoms with van der Waals surface area (Å²) in [6, 6.07) is 13.8. The Kier molecular flexibility index (Phi) is 6.40. The molecule has 0 aliphatic carbocycles. The van der Waals surface area contributed by atoms with Crippen molar-refractivity contribution in [3.8, 4) is 0 Å². The van der Waals surface area contributed by atoms with Gasteiger partial charge in [0.05, 0.1) is 4.90 Å². The van der Waals surface area contributed by atoms with Gasteiger partial charge in [-0.2, -0.15) is 4.72 Å². The van der Waals surface area contributed by atoms with E-state index in [9.17, 15) is 13.2 Å². The van der Waals surface area contributed by atoms with Crippen LogP contribution in [-0.4, -0.2) is 30.6 Å². The quantitative estimate of drug-likeness (QED) is 0.592. The number of sulfonamides is 1. The van der Waals surface area contributed by atoms with Crippen molar-refractivity contribution in [2.75, 3.05) is 5.32 Å². The van der Waals surface area contributed by atoms with Crippen molar-refractivity contribution in [1.82, 2.24) is 14.9 Å². The molecule has 0 fully saturated rings. The van der Waals surface area contributed by atoms with E-state index in [4.69, 9.17) is 11.6 Å². The summed E-state index contributed by atoms with van der Waals surface area (Å²) in [5.41, 5.74) is 0.815. The Hall–Kier alpha value is -2.33. The van der Waals surface area contributed by atoms with Gasteiger partial charge in [-0.05, 0) is 43.2 Å². The second-order valence-electron chi connectivity index (χ2n) is 5.93. The standard InChI is InChI=1S/C18H17ClN4O3S2/c1-12-21-22-18(27-12)20-17(24)16(11-13-5-3-2-4-6-13)23-28(25,26)15-9-7-14(19)8-10-15/h2-10,16,23H,11H2,1H3,(H,20,22,24). The lowest BCUT2D eigenvalue weighted by molar-refractivity contribution is -0.117. The van der Waals surface area contributed by atoms with E-state index in [0.29, 0.717) is 15.2 Å². The molecule has 10 heteroatoms. The molecule has 28 heavy (non-hydrogen) atoms. The zero-order chi connectivity index (χ0) is 20.1. The number of amides is 1. The topological polar surface area (TPSA) is 101 Å². The van der Waals surface area contributed by atoms with Gasteiger partial charge < -0.3 is 0 Å². The number of carbonyl (C=O) groups is 1. The molecule has 3 rings (SSSR count). The smallest absolute Gasteiger partial charge is 0.244 e. The zero-order valence-corrected chi connectivity index (χ0v) is 17.2. The number of halogens is 1. The van der Waals surface area contributed by atoms with E-state index in [1.165, 1.54) is 35.6 Å². The maximum absolute atomic E-state index is 12.8. The Morgan fingerprint density at radius 3 is 2.39 bits per heavy atom.